The first-order chi connectivity index (χ1) is 10.5. The number of amides is 1. The Kier molecular flexibility index (Phi) is 4.99. The van der Waals surface area contributed by atoms with Crippen molar-refractivity contribution >= 4 is 5.91 Å². The molecule has 22 heavy (non-hydrogen) atoms. The van der Waals surface area contributed by atoms with Crippen LogP contribution >= 0.6 is 0 Å². The summed E-state index contributed by atoms with van der Waals surface area (Å²) in [5.74, 6) is -0.101. The van der Waals surface area contributed by atoms with E-state index in [4.69, 9.17) is 0 Å². The fourth-order valence-corrected chi connectivity index (χ4v) is 2.38. The van der Waals surface area contributed by atoms with Gasteiger partial charge in [0, 0.05) is 12.2 Å². The summed E-state index contributed by atoms with van der Waals surface area (Å²) < 4.78 is 0. The van der Waals surface area contributed by atoms with Crippen LogP contribution in [0.15, 0.2) is 35.1 Å². The lowest BCUT2D eigenvalue weighted by atomic mass is 10.1. The van der Waals surface area contributed by atoms with Gasteiger partial charge in [-0.2, -0.15) is 0 Å². The lowest BCUT2D eigenvalue weighted by Gasteiger charge is -2.08. The number of aromatic nitrogens is 1. The Morgan fingerprint density at radius 1 is 1.23 bits per heavy atom. The third-order valence-corrected chi connectivity index (χ3v) is 3.46. The van der Waals surface area contributed by atoms with Gasteiger partial charge >= 0.3 is 0 Å². The molecule has 0 aliphatic rings. The molecule has 0 radical (unpaired) electrons. The summed E-state index contributed by atoms with van der Waals surface area (Å²) in [5.41, 5.74) is 2.34. The van der Waals surface area contributed by atoms with Gasteiger partial charge in [0.1, 0.15) is 11.3 Å². The number of carbonyl (C=O) groups is 1. The van der Waals surface area contributed by atoms with Crippen molar-refractivity contribution in [3.63, 3.8) is 0 Å². The quantitative estimate of drug-likeness (QED) is 0.739. The number of pyridine rings is 1. The van der Waals surface area contributed by atoms with E-state index >= 15 is 0 Å². The van der Waals surface area contributed by atoms with E-state index in [1.807, 2.05) is 12.1 Å². The van der Waals surface area contributed by atoms with Crippen molar-refractivity contribution in [3.8, 4) is 5.75 Å². The Labute approximate surface area is 129 Å². The minimum Gasteiger partial charge on any atom is -0.508 e. The number of aromatic hydroxyl groups is 1. The Balaban J connectivity index is 1.88. The predicted molar refractivity (Wildman–Crippen MR) is 85.3 cm³/mol. The van der Waals surface area contributed by atoms with E-state index in [0.29, 0.717) is 12.1 Å². The van der Waals surface area contributed by atoms with E-state index in [0.717, 1.165) is 24.1 Å². The molecule has 1 aromatic heterocycles. The summed E-state index contributed by atoms with van der Waals surface area (Å²) >= 11 is 0. The molecule has 0 unspecified atom stereocenters. The van der Waals surface area contributed by atoms with Gasteiger partial charge in [0.05, 0.1) is 0 Å². The Morgan fingerprint density at radius 3 is 2.55 bits per heavy atom. The molecule has 5 nitrogen and oxygen atoms in total. The number of benzene rings is 1. The minimum atomic E-state index is -0.353. The molecular formula is C17H20N2O3. The van der Waals surface area contributed by atoms with Crippen molar-refractivity contribution < 1.29 is 9.90 Å². The number of hydrogen-bond acceptors (Lipinski definition) is 3. The van der Waals surface area contributed by atoms with E-state index in [-0.39, 0.29) is 22.8 Å². The molecule has 2 aromatic rings. The van der Waals surface area contributed by atoms with Crippen molar-refractivity contribution in [3.05, 3.63) is 63.1 Å². The maximum atomic E-state index is 12.1. The predicted octanol–water partition coefficient (Wildman–Crippen LogP) is 2.06. The first-order valence-corrected chi connectivity index (χ1v) is 7.24. The van der Waals surface area contributed by atoms with E-state index in [1.54, 1.807) is 32.0 Å². The molecule has 116 valence electrons. The number of hydrogen-bond donors (Lipinski definition) is 3. The molecule has 5 heteroatoms. The van der Waals surface area contributed by atoms with E-state index in [2.05, 4.69) is 10.3 Å². The highest BCUT2D eigenvalue weighted by Crippen LogP contribution is 2.11. The average Bonchev–Trinajstić information content (AvgIpc) is 2.44. The summed E-state index contributed by atoms with van der Waals surface area (Å²) in [4.78, 5) is 26.6. The van der Waals surface area contributed by atoms with Crippen molar-refractivity contribution in [2.45, 2.75) is 26.7 Å². The van der Waals surface area contributed by atoms with Crippen LogP contribution in [0.4, 0.5) is 0 Å². The smallest absolute Gasteiger partial charge is 0.261 e. The minimum absolute atomic E-state index is 0.176. The zero-order chi connectivity index (χ0) is 16.1. The number of phenolic OH excluding ortho intramolecular Hbond substituents is 1. The van der Waals surface area contributed by atoms with Gasteiger partial charge in [-0.25, -0.2) is 0 Å². The van der Waals surface area contributed by atoms with Crippen LogP contribution in [0.5, 0.6) is 5.75 Å². The summed E-state index contributed by atoms with van der Waals surface area (Å²) in [7, 11) is 0. The highest BCUT2D eigenvalue weighted by molar-refractivity contribution is 5.95. The number of aromatic amines is 1. The van der Waals surface area contributed by atoms with Crippen LogP contribution < -0.4 is 10.9 Å². The van der Waals surface area contributed by atoms with Crippen molar-refractivity contribution in [2.24, 2.45) is 0 Å². The number of carbonyl (C=O) groups excluding carboxylic acids is 1. The zero-order valence-corrected chi connectivity index (χ0v) is 12.8. The fraction of sp³-hybridized carbons (Fsp3) is 0.294. The summed E-state index contributed by atoms with van der Waals surface area (Å²) in [5, 5.41) is 12.0. The number of nitrogens with one attached hydrogen (secondary N) is 2. The van der Waals surface area contributed by atoms with Gasteiger partial charge < -0.3 is 15.4 Å². The largest absolute Gasteiger partial charge is 0.508 e. The van der Waals surface area contributed by atoms with Crippen LogP contribution in [0.3, 0.4) is 0 Å². The molecule has 1 aromatic carbocycles. The fourth-order valence-electron chi connectivity index (χ4n) is 2.38. The van der Waals surface area contributed by atoms with Crippen molar-refractivity contribution in [1.29, 1.82) is 0 Å². The number of aryl methyl sites for hydroxylation is 3. The molecule has 1 amide bonds. The van der Waals surface area contributed by atoms with E-state index < -0.39 is 0 Å². The van der Waals surface area contributed by atoms with Gasteiger partial charge in [0.2, 0.25) is 0 Å². The SMILES string of the molecule is Cc1cc(C)c(C(=O)NCCCc2ccc(O)cc2)c(=O)[nH]1. The van der Waals surface area contributed by atoms with Crippen LogP contribution in [0, 0.1) is 13.8 Å². The molecule has 0 atom stereocenters. The number of H-pyrrole nitrogens is 1. The van der Waals surface area contributed by atoms with Crippen LogP contribution in [-0.4, -0.2) is 22.5 Å². The molecule has 0 fully saturated rings. The highest BCUT2D eigenvalue weighted by atomic mass is 16.3. The lowest BCUT2D eigenvalue weighted by Crippen LogP contribution is -2.31. The van der Waals surface area contributed by atoms with Crippen LogP contribution in [0.1, 0.15) is 33.6 Å². The number of rotatable bonds is 5. The first kappa shape index (κ1) is 15.8. The van der Waals surface area contributed by atoms with Gasteiger partial charge in [-0.15, -0.1) is 0 Å². The van der Waals surface area contributed by atoms with Gasteiger partial charge in [-0.3, -0.25) is 9.59 Å². The lowest BCUT2D eigenvalue weighted by molar-refractivity contribution is 0.0951. The van der Waals surface area contributed by atoms with Crippen molar-refractivity contribution in [1.82, 2.24) is 10.3 Å². The van der Waals surface area contributed by atoms with Crippen LogP contribution in [0.25, 0.3) is 0 Å². The molecule has 0 aliphatic carbocycles. The maximum absolute atomic E-state index is 12.1. The summed E-state index contributed by atoms with van der Waals surface area (Å²) in [6.45, 7) is 4.04. The Hall–Kier alpha value is -2.56. The van der Waals surface area contributed by atoms with Crippen molar-refractivity contribution in [2.75, 3.05) is 6.54 Å². The molecule has 3 N–H and O–H groups in total. The average molecular weight is 300 g/mol. The number of phenols is 1. The van der Waals surface area contributed by atoms with Gasteiger partial charge in [-0.05, 0) is 56.0 Å². The van der Waals surface area contributed by atoms with Gasteiger partial charge in [-0.1, -0.05) is 12.1 Å². The normalized spacial score (nSPS) is 10.5. The third kappa shape index (κ3) is 3.97. The summed E-state index contributed by atoms with van der Waals surface area (Å²) in [6, 6.07) is 8.77. The Morgan fingerprint density at radius 2 is 1.91 bits per heavy atom. The third-order valence-electron chi connectivity index (χ3n) is 3.46. The second kappa shape index (κ2) is 6.93. The monoisotopic (exact) mass is 300 g/mol. The van der Waals surface area contributed by atoms with Gasteiger partial charge in [0.15, 0.2) is 0 Å². The Bertz CT molecular complexity index is 718. The molecular weight excluding hydrogens is 280 g/mol. The molecule has 0 saturated carbocycles. The van der Waals surface area contributed by atoms with E-state index in [9.17, 15) is 14.7 Å². The topological polar surface area (TPSA) is 82.2 Å². The van der Waals surface area contributed by atoms with Crippen LogP contribution in [0.2, 0.25) is 0 Å². The zero-order valence-electron chi connectivity index (χ0n) is 12.8. The molecule has 2 rings (SSSR count). The summed E-state index contributed by atoms with van der Waals surface area (Å²) in [6.07, 6.45) is 1.56. The first-order valence-electron chi connectivity index (χ1n) is 7.24. The maximum Gasteiger partial charge on any atom is 0.261 e. The second-order valence-corrected chi connectivity index (χ2v) is 5.37. The molecule has 0 bridgehead atoms. The van der Waals surface area contributed by atoms with E-state index in [1.165, 1.54) is 0 Å². The van der Waals surface area contributed by atoms with Gasteiger partial charge in [0.25, 0.3) is 11.5 Å². The molecule has 0 aliphatic heterocycles. The second-order valence-electron chi connectivity index (χ2n) is 5.37. The molecule has 0 saturated heterocycles. The molecule has 0 spiro atoms. The molecule has 1 heterocycles. The highest BCUT2D eigenvalue weighted by Gasteiger charge is 2.13. The standard InChI is InChI=1S/C17H20N2O3/c1-11-10-12(2)19-17(22)15(11)16(21)18-9-3-4-13-5-7-14(20)8-6-13/h5-8,10,20H,3-4,9H2,1-2H3,(H,18,21)(H,19,22). The van der Waals surface area contributed by atoms with Crippen LogP contribution in [-0.2, 0) is 6.42 Å².